The van der Waals surface area contributed by atoms with Crippen LogP contribution in [0, 0.1) is 0 Å². The van der Waals surface area contributed by atoms with Crippen LogP contribution in [0.3, 0.4) is 0 Å². The summed E-state index contributed by atoms with van der Waals surface area (Å²) in [6.07, 6.45) is 1.62. The van der Waals surface area contributed by atoms with Crippen LogP contribution in [0.2, 0.25) is 0 Å². The van der Waals surface area contributed by atoms with E-state index in [4.69, 9.17) is 9.47 Å². The third-order valence-corrected chi connectivity index (χ3v) is 5.70. The Kier molecular flexibility index (Phi) is 8.18. The summed E-state index contributed by atoms with van der Waals surface area (Å²) in [7, 11) is -2.28. The molecular weight excluding hydrogens is 448 g/mol. The van der Waals surface area contributed by atoms with Gasteiger partial charge in [-0.05, 0) is 46.3 Å². The van der Waals surface area contributed by atoms with Crippen molar-refractivity contribution in [3.8, 4) is 5.75 Å². The summed E-state index contributed by atoms with van der Waals surface area (Å²) < 4.78 is 37.9. The number of nitrogens with one attached hydrogen (secondary N) is 2. The van der Waals surface area contributed by atoms with Gasteiger partial charge in [-0.1, -0.05) is 18.7 Å². The SMILES string of the molecule is C=CCOc1cccc(NC(=O)c2cc(S(=O)(=O)NCCOC)ccc2Br)c1. The number of methoxy groups -OCH3 is 1. The number of anilines is 1. The van der Waals surface area contributed by atoms with Crippen LogP contribution in [0.5, 0.6) is 5.75 Å². The van der Waals surface area contributed by atoms with Crippen LogP contribution in [0.1, 0.15) is 10.4 Å². The Morgan fingerprint density at radius 3 is 2.75 bits per heavy atom. The summed E-state index contributed by atoms with van der Waals surface area (Å²) in [5.74, 6) is 0.122. The zero-order valence-corrected chi connectivity index (χ0v) is 17.7. The molecule has 0 heterocycles. The molecule has 28 heavy (non-hydrogen) atoms. The second-order valence-electron chi connectivity index (χ2n) is 5.61. The Balaban J connectivity index is 2.20. The third-order valence-electron chi connectivity index (χ3n) is 3.55. The van der Waals surface area contributed by atoms with Gasteiger partial charge in [0.2, 0.25) is 10.0 Å². The van der Waals surface area contributed by atoms with Gasteiger partial charge in [0.1, 0.15) is 12.4 Å². The normalized spacial score (nSPS) is 11.1. The van der Waals surface area contributed by atoms with Gasteiger partial charge >= 0.3 is 0 Å². The Morgan fingerprint density at radius 1 is 1.25 bits per heavy atom. The van der Waals surface area contributed by atoms with Gasteiger partial charge in [-0.25, -0.2) is 13.1 Å². The van der Waals surface area contributed by atoms with Gasteiger partial charge < -0.3 is 14.8 Å². The summed E-state index contributed by atoms with van der Waals surface area (Å²) in [5, 5.41) is 2.74. The van der Waals surface area contributed by atoms with Crippen molar-refractivity contribution >= 4 is 37.5 Å². The number of hydrogen-bond donors (Lipinski definition) is 2. The largest absolute Gasteiger partial charge is 0.489 e. The zero-order chi connectivity index (χ0) is 20.6. The number of ether oxygens (including phenoxy) is 2. The minimum atomic E-state index is -3.76. The molecule has 0 saturated heterocycles. The quantitative estimate of drug-likeness (QED) is 0.412. The van der Waals surface area contributed by atoms with E-state index in [2.05, 4.69) is 32.5 Å². The highest BCUT2D eigenvalue weighted by Gasteiger charge is 2.18. The minimum absolute atomic E-state index is 0.0139. The lowest BCUT2D eigenvalue weighted by Gasteiger charge is -2.11. The Labute approximate surface area is 172 Å². The average molecular weight is 469 g/mol. The van der Waals surface area contributed by atoms with Crippen LogP contribution in [0.15, 0.2) is 64.5 Å². The number of carbonyl (C=O) groups excluding carboxylic acids is 1. The maximum Gasteiger partial charge on any atom is 0.256 e. The van der Waals surface area contributed by atoms with Crippen molar-refractivity contribution in [1.82, 2.24) is 4.72 Å². The number of carbonyl (C=O) groups is 1. The molecule has 0 aliphatic heterocycles. The van der Waals surface area contributed by atoms with E-state index >= 15 is 0 Å². The van der Waals surface area contributed by atoms with Gasteiger partial charge in [-0.3, -0.25) is 4.79 Å². The molecule has 0 atom stereocenters. The summed E-state index contributed by atoms with van der Waals surface area (Å²) in [6, 6.07) is 11.1. The van der Waals surface area contributed by atoms with E-state index in [1.807, 2.05) is 0 Å². The first-order valence-corrected chi connectivity index (χ1v) is 10.6. The smallest absolute Gasteiger partial charge is 0.256 e. The molecule has 0 unspecified atom stereocenters. The number of amides is 1. The summed E-state index contributed by atoms with van der Waals surface area (Å²) in [6.45, 7) is 4.31. The molecule has 2 aromatic rings. The zero-order valence-electron chi connectivity index (χ0n) is 15.3. The number of sulfonamides is 1. The lowest BCUT2D eigenvalue weighted by molar-refractivity contribution is 0.102. The van der Waals surface area contributed by atoms with Gasteiger partial charge in [-0.2, -0.15) is 0 Å². The van der Waals surface area contributed by atoms with Crippen LogP contribution in [0.4, 0.5) is 5.69 Å². The van der Waals surface area contributed by atoms with Gasteiger partial charge in [0.15, 0.2) is 0 Å². The molecule has 0 bridgehead atoms. The van der Waals surface area contributed by atoms with Crippen molar-refractivity contribution < 1.29 is 22.7 Å². The van der Waals surface area contributed by atoms with Gasteiger partial charge in [0.05, 0.1) is 17.1 Å². The van der Waals surface area contributed by atoms with Crippen LogP contribution in [-0.2, 0) is 14.8 Å². The molecule has 1 amide bonds. The Morgan fingerprint density at radius 2 is 2.04 bits per heavy atom. The number of halogens is 1. The summed E-state index contributed by atoms with van der Waals surface area (Å²) >= 11 is 3.29. The molecule has 0 fully saturated rings. The fraction of sp³-hybridized carbons (Fsp3) is 0.211. The Bertz CT molecular complexity index is 947. The molecule has 0 spiro atoms. The van der Waals surface area contributed by atoms with E-state index in [1.165, 1.54) is 25.3 Å². The molecule has 0 aliphatic carbocycles. The first kappa shape index (κ1) is 22.1. The van der Waals surface area contributed by atoms with Gasteiger partial charge in [-0.15, -0.1) is 0 Å². The minimum Gasteiger partial charge on any atom is -0.489 e. The van der Waals surface area contributed by atoms with E-state index in [-0.39, 0.29) is 23.6 Å². The van der Waals surface area contributed by atoms with Crippen molar-refractivity contribution in [3.63, 3.8) is 0 Å². The first-order valence-electron chi connectivity index (χ1n) is 8.30. The second kappa shape index (κ2) is 10.4. The van der Waals surface area contributed by atoms with Gasteiger partial charge in [0, 0.05) is 29.9 Å². The van der Waals surface area contributed by atoms with Crippen LogP contribution < -0.4 is 14.8 Å². The highest BCUT2D eigenvalue weighted by molar-refractivity contribution is 9.10. The molecule has 2 N–H and O–H groups in total. The molecule has 0 radical (unpaired) electrons. The molecular formula is C19H21BrN2O5S. The maximum absolute atomic E-state index is 12.7. The molecule has 0 aromatic heterocycles. The van der Waals surface area contributed by atoms with Gasteiger partial charge in [0.25, 0.3) is 5.91 Å². The molecule has 9 heteroatoms. The van der Waals surface area contributed by atoms with Crippen molar-refractivity contribution in [1.29, 1.82) is 0 Å². The molecule has 2 aromatic carbocycles. The maximum atomic E-state index is 12.7. The average Bonchev–Trinajstić information content (AvgIpc) is 2.67. The second-order valence-corrected chi connectivity index (χ2v) is 8.24. The van der Waals surface area contributed by atoms with E-state index in [0.717, 1.165) is 0 Å². The van der Waals surface area contributed by atoms with E-state index in [9.17, 15) is 13.2 Å². The lowest BCUT2D eigenvalue weighted by atomic mass is 10.2. The van der Waals surface area contributed by atoms with Crippen molar-refractivity contribution in [2.45, 2.75) is 4.90 Å². The predicted octanol–water partition coefficient (Wildman–Crippen LogP) is 3.19. The predicted molar refractivity (Wildman–Crippen MR) is 111 cm³/mol. The van der Waals surface area contributed by atoms with E-state index in [1.54, 1.807) is 30.3 Å². The van der Waals surface area contributed by atoms with Crippen LogP contribution in [-0.4, -0.2) is 41.2 Å². The number of benzene rings is 2. The van der Waals surface area contributed by atoms with Crippen molar-refractivity contribution in [3.05, 3.63) is 65.2 Å². The molecule has 2 rings (SSSR count). The molecule has 0 aliphatic rings. The third kappa shape index (κ3) is 6.16. The number of rotatable bonds is 10. The monoisotopic (exact) mass is 468 g/mol. The fourth-order valence-electron chi connectivity index (χ4n) is 2.22. The van der Waals surface area contributed by atoms with E-state index < -0.39 is 15.9 Å². The number of hydrogen-bond acceptors (Lipinski definition) is 5. The van der Waals surface area contributed by atoms with Crippen LogP contribution in [0.25, 0.3) is 0 Å². The highest BCUT2D eigenvalue weighted by atomic mass is 79.9. The fourth-order valence-corrected chi connectivity index (χ4v) is 3.69. The highest BCUT2D eigenvalue weighted by Crippen LogP contribution is 2.23. The summed E-state index contributed by atoms with van der Waals surface area (Å²) in [5.41, 5.74) is 0.706. The first-order chi connectivity index (χ1) is 13.4. The van der Waals surface area contributed by atoms with Crippen molar-refractivity contribution in [2.24, 2.45) is 0 Å². The lowest BCUT2D eigenvalue weighted by Crippen LogP contribution is -2.27. The summed E-state index contributed by atoms with van der Waals surface area (Å²) in [4.78, 5) is 12.7. The molecule has 7 nitrogen and oxygen atoms in total. The van der Waals surface area contributed by atoms with Crippen LogP contribution >= 0.6 is 15.9 Å². The molecule has 0 saturated carbocycles. The molecule has 150 valence electrons. The standard InChI is InChI=1S/C19H21BrN2O5S/c1-3-10-27-15-6-4-5-14(12-15)22-19(23)17-13-16(7-8-18(17)20)28(24,25)21-9-11-26-2/h3-8,12-13,21H,1,9-11H2,2H3,(H,22,23). The van der Waals surface area contributed by atoms with Crippen molar-refractivity contribution in [2.75, 3.05) is 32.2 Å². The van der Waals surface area contributed by atoms with E-state index in [0.29, 0.717) is 22.5 Å². The Hall–Kier alpha value is -2.20. The topological polar surface area (TPSA) is 93.7 Å².